The van der Waals surface area contributed by atoms with Crippen LogP contribution in [0.1, 0.15) is 58.4 Å². The smallest absolute Gasteiger partial charge is 0.249 e. The van der Waals surface area contributed by atoms with Gasteiger partial charge in [-0.1, -0.05) is 37.5 Å². The van der Waals surface area contributed by atoms with Crippen LogP contribution in [0.2, 0.25) is 5.02 Å². The molecule has 1 saturated heterocycles. The Morgan fingerprint density at radius 2 is 2.00 bits per heavy atom. The number of carbonyl (C=O) groups is 2. The Bertz CT molecular complexity index is 866. The van der Waals surface area contributed by atoms with E-state index in [1.165, 1.54) is 0 Å². The normalized spacial score (nSPS) is 16.7. The van der Waals surface area contributed by atoms with E-state index in [1.54, 1.807) is 21.9 Å². The van der Waals surface area contributed by atoms with Crippen LogP contribution in [0.3, 0.4) is 0 Å². The SMILES string of the molecule is CCCN(CC(=O)N1CCCCC1c1nc(-c2ccc(Cl)cc2)no1)C(=O)C(C)C. The Balaban J connectivity index is 1.77. The summed E-state index contributed by atoms with van der Waals surface area (Å²) in [7, 11) is 0. The molecule has 1 aromatic heterocycles. The molecule has 2 heterocycles. The third kappa shape index (κ3) is 5.19. The number of amides is 2. The van der Waals surface area contributed by atoms with E-state index in [0.717, 1.165) is 31.2 Å². The highest BCUT2D eigenvalue weighted by Crippen LogP contribution is 2.31. The van der Waals surface area contributed by atoms with E-state index in [2.05, 4.69) is 10.1 Å². The van der Waals surface area contributed by atoms with Crippen LogP contribution < -0.4 is 0 Å². The van der Waals surface area contributed by atoms with E-state index in [-0.39, 0.29) is 30.3 Å². The first-order valence-electron chi connectivity index (χ1n) is 10.6. The zero-order valence-corrected chi connectivity index (χ0v) is 18.6. The van der Waals surface area contributed by atoms with Crippen LogP contribution in [-0.4, -0.2) is 51.4 Å². The van der Waals surface area contributed by atoms with Gasteiger partial charge in [0.25, 0.3) is 0 Å². The quantitative estimate of drug-likeness (QED) is 0.650. The van der Waals surface area contributed by atoms with Gasteiger partial charge in [-0.15, -0.1) is 0 Å². The minimum absolute atomic E-state index is 0.00146. The summed E-state index contributed by atoms with van der Waals surface area (Å²) in [6.45, 7) is 7.00. The summed E-state index contributed by atoms with van der Waals surface area (Å²) in [6, 6.07) is 6.95. The lowest BCUT2D eigenvalue weighted by atomic mass is 10.0. The highest BCUT2D eigenvalue weighted by Gasteiger charge is 2.33. The maximum absolute atomic E-state index is 13.1. The Hall–Kier alpha value is -2.41. The standard InChI is InChI=1S/C22H29ClN4O3/c1-4-12-26(22(29)15(2)3)14-19(28)27-13-6-5-7-18(27)21-24-20(25-30-21)16-8-10-17(23)11-9-16/h8-11,15,18H,4-7,12-14H2,1-3H3. The van der Waals surface area contributed by atoms with Crippen molar-refractivity contribution < 1.29 is 14.1 Å². The number of carbonyl (C=O) groups excluding carboxylic acids is 2. The predicted octanol–water partition coefficient (Wildman–Crippen LogP) is 4.34. The highest BCUT2D eigenvalue weighted by atomic mass is 35.5. The number of rotatable bonds is 7. The van der Waals surface area contributed by atoms with Gasteiger partial charge in [0, 0.05) is 29.6 Å². The number of nitrogens with zero attached hydrogens (tertiary/aromatic N) is 4. The van der Waals surface area contributed by atoms with E-state index in [1.807, 2.05) is 32.9 Å². The van der Waals surface area contributed by atoms with E-state index < -0.39 is 0 Å². The van der Waals surface area contributed by atoms with E-state index in [4.69, 9.17) is 16.1 Å². The third-order valence-corrected chi connectivity index (χ3v) is 5.53. The second-order valence-corrected chi connectivity index (χ2v) is 8.41. The van der Waals surface area contributed by atoms with Gasteiger partial charge in [0.15, 0.2) is 0 Å². The molecule has 7 nitrogen and oxygen atoms in total. The Morgan fingerprint density at radius 3 is 2.67 bits per heavy atom. The molecule has 0 radical (unpaired) electrons. The number of halogens is 1. The molecule has 0 aliphatic carbocycles. The Kier molecular flexibility index (Phi) is 7.48. The zero-order valence-electron chi connectivity index (χ0n) is 17.8. The van der Waals surface area contributed by atoms with Crippen molar-refractivity contribution in [1.82, 2.24) is 19.9 Å². The molecule has 1 atom stereocenters. The van der Waals surface area contributed by atoms with E-state index in [9.17, 15) is 9.59 Å². The topological polar surface area (TPSA) is 79.5 Å². The summed E-state index contributed by atoms with van der Waals surface area (Å²) in [5.74, 6) is 0.696. The van der Waals surface area contributed by atoms with Crippen LogP contribution in [0.4, 0.5) is 0 Å². The molecule has 2 aromatic rings. The number of benzene rings is 1. The first-order chi connectivity index (χ1) is 14.4. The summed E-state index contributed by atoms with van der Waals surface area (Å²) in [6.07, 6.45) is 3.48. The lowest BCUT2D eigenvalue weighted by Crippen LogP contribution is -2.47. The van der Waals surface area contributed by atoms with Gasteiger partial charge in [-0.05, 0) is 49.9 Å². The van der Waals surface area contributed by atoms with Crippen LogP contribution in [0, 0.1) is 5.92 Å². The van der Waals surface area contributed by atoms with E-state index in [0.29, 0.717) is 29.8 Å². The van der Waals surface area contributed by atoms with Crippen LogP contribution >= 0.6 is 11.6 Å². The largest absolute Gasteiger partial charge is 0.337 e. The van der Waals surface area contributed by atoms with Crippen molar-refractivity contribution in [2.24, 2.45) is 5.92 Å². The summed E-state index contributed by atoms with van der Waals surface area (Å²) in [4.78, 5) is 33.6. The number of likely N-dealkylation sites (tertiary alicyclic amines) is 1. The molecule has 162 valence electrons. The average molecular weight is 433 g/mol. The van der Waals surface area contributed by atoms with Crippen molar-refractivity contribution in [3.63, 3.8) is 0 Å². The molecular formula is C22H29ClN4O3. The number of aromatic nitrogens is 2. The predicted molar refractivity (Wildman–Crippen MR) is 115 cm³/mol. The monoisotopic (exact) mass is 432 g/mol. The molecular weight excluding hydrogens is 404 g/mol. The van der Waals surface area contributed by atoms with Crippen LogP contribution in [0.25, 0.3) is 11.4 Å². The maximum Gasteiger partial charge on any atom is 0.249 e. The molecule has 1 aliphatic heterocycles. The van der Waals surface area contributed by atoms with Gasteiger partial charge in [-0.2, -0.15) is 4.98 Å². The van der Waals surface area contributed by atoms with Crippen molar-refractivity contribution in [2.45, 2.75) is 52.5 Å². The number of hydrogen-bond acceptors (Lipinski definition) is 5. The highest BCUT2D eigenvalue weighted by molar-refractivity contribution is 6.30. The molecule has 1 aromatic carbocycles. The number of hydrogen-bond donors (Lipinski definition) is 0. The van der Waals surface area contributed by atoms with Crippen molar-refractivity contribution in [1.29, 1.82) is 0 Å². The summed E-state index contributed by atoms with van der Waals surface area (Å²) >= 11 is 5.95. The molecule has 0 bridgehead atoms. The van der Waals surface area contributed by atoms with Gasteiger partial charge in [0.2, 0.25) is 23.5 Å². The lowest BCUT2D eigenvalue weighted by Gasteiger charge is -2.35. The molecule has 1 aliphatic rings. The fourth-order valence-corrected chi connectivity index (χ4v) is 3.86. The zero-order chi connectivity index (χ0) is 21.7. The summed E-state index contributed by atoms with van der Waals surface area (Å²) in [5.41, 5.74) is 0.805. The van der Waals surface area contributed by atoms with Gasteiger partial charge in [0.1, 0.15) is 6.04 Å². The van der Waals surface area contributed by atoms with Crippen molar-refractivity contribution >= 4 is 23.4 Å². The molecule has 0 N–H and O–H groups in total. The van der Waals surface area contributed by atoms with Crippen molar-refractivity contribution in [3.05, 3.63) is 35.2 Å². The maximum atomic E-state index is 13.1. The first kappa shape index (κ1) is 22.3. The molecule has 8 heteroatoms. The molecule has 0 saturated carbocycles. The van der Waals surface area contributed by atoms with Crippen LogP contribution in [0.15, 0.2) is 28.8 Å². The van der Waals surface area contributed by atoms with E-state index >= 15 is 0 Å². The van der Waals surface area contributed by atoms with Gasteiger partial charge in [-0.25, -0.2) is 0 Å². The molecule has 1 unspecified atom stereocenters. The number of piperidine rings is 1. The summed E-state index contributed by atoms with van der Waals surface area (Å²) in [5, 5.41) is 4.73. The van der Waals surface area contributed by atoms with Crippen molar-refractivity contribution in [2.75, 3.05) is 19.6 Å². The molecule has 3 rings (SSSR count). The minimum atomic E-state index is -0.266. The second kappa shape index (κ2) is 10.1. The van der Waals surface area contributed by atoms with Crippen LogP contribution in [0.5, 0.6) is 0 Å². The fraction of sp³-hybridized carbons (Fsp3) is 0.545. The lowest BCUT2D eigenvalue weighted by molar-refractivity contribution is -0.144. The van der Waals surface area contributed by atoms with Gasteiger partial charge < -0.3 is 14.3 Å². The Labute approximate surface area is 182 Å². The van der Waals surface area contributed by atoms with Gasteiger partial charge in [-0.3, -0.25) is 9.59 Å². The first-order valence-corrected chi connectivity index (χ1v) is 11.0. The van der Waals surface area contributed by atoms with Gasteiger partial charge >= 0.3 is 0 Å². The summed E-state index contributed by atoms with van der Waals surface area (Å²) < 4.78 is 5.54. The van der Waals surface area contributed by atoms with Crippen molar-refractivity contribution in [3.8, 4) is 11.4 Å². The van der Waals surface area contributed by atoms with Gasteiger partial charge in [0.05, 0.1) is 6.54 Å². The second-order valence-electron chi connectivity index (χ2n) is 7.98. The molecule has 30 heavy (non-hydrogen) atoms. The third-order valence-electron chi connectivity index (χ3n) is 5.28. The fourth-order valence-electron chi connectivity index (χ4n) is 3.73. The minimum Gasteiger partial charge on any atom is -0.337 e. The molecule has 1 fully saturated rings. The average Bonchev–Trinajstić information content (AvgIpc) is 3.23. The Morgan fingerprint density at radius 1 is 1.27 bits per heavy atom. The van der Waals surface area contributed by atoms with Crippen LogP contribution in [-0.2, 0) is 9.59 Å². The molecule has 2 amide bonds. The molecule has 0 spiro atoms.